The molecule has 0 aromatic carbocycles. The predicted octanol–water partition coefficient (Wildman–Crippen LogP) is 0.568. The number of nitrogens with zero attached hydrogens (tertiary/aromatic N) is 1. The summed E-state index contributed by atoms with van der Waals surface area (Å²) in [6.45, 7) is 2.97. The van der Waals surface area contributed by atoms with E-state index in [-0.39, 0.29) is 5.54 Å². The zero-order valence-corrected chi connectivity index (χ0v) is 5.22. The first-order valence-electron chi connectivity index (χ1n) is 3.07. The molecule has 0 saturated carbocycles. The maximum Gasteiger partial charge on any atom is 0.0706 e. The van der Waals surface area contributed by atoms with Crippen LogP contribution in [0.5, 0.6) is 0 Å². The third kappa shape index (κ3) is 0.892. The van der Waals surface area contributed by atoms with Crippen LogP contribution < -0.4 is 5.73 Å². The molecule has 0 saturated heterocycles. The Hall–Kier alpha value is -0.370. The van der Waals surface area contributed by atoms with Crippen LogP contribution in [0.15, 0.2) is 4.99 Å². The zero-order chi connectivity index (χ0) is 6.04. The minimum atomic E-state index is -0.0191. The van der Waals surface area contributed by atoms with Crippen molar-refractivity contribution in [3.05, 3.63) is 0 Å². The first-order valence-corrected chi connectivity index (χ1v) is 3.07. The predicted molar refractivity (Wildman–Crippen MR) is 35.2 cm³/mol. The van der Waals surface area contributed by atoms with E-state index < -0.39 is 0 Å². The first kappa shape index (κ1) is 5.76. The van der Waals surface area contributed by atoms with Gasteiger partial charge in [0.15, 0.2) is 0 Å². The Bertz CT molecular complexity index is 109. The first-order chi connectivity index (χ1) is 3.77. The third-order valence-corrected chi connectivity index (χ3v) is 1.45. The number of rotatable bonds is 2. The number of nitrogens with two attached hydrogens (primary N) is 1. The van der Waals surface area contributed by atoms with Gasteiger partial charge in [-0.25, -0.2) is 0 Å². The Morgan fingerprint density at radius 3 is 2.62 bits per heavy atom. The molecular weight excluding hydrogens is 100 g/mol. The standard InChI is InChI=1S/C6H12N2/c1-2-3-6(7)4-8-5-6/h4H,2-3,5,7H2,1H3. The molecule has 1 atom stereocenters. The second kappa shape index (κ2) is 1.86. The molecule has 2 N–H and O–H groups in total. The van der Waals surface area contributed by atoms with Gasteiger partial charge in [-0.2, -0.15) is 0 Å². The van der Waals surface area contributed by atoms with E-state index in [1.54, 1.807) is 0 Å². The van der Waals surface area contributed by atoms with Crippen LogP contribution in [0.1, 0.15) is 19.8 Å². The van der Waals surface area contributed by atoms with Crippen molar-refractivity contribution in [2.24, 2.45) is 10.7 Å². The molecule has 0 aliphatic carbocycles. The van der Waals surface area contributed by atoms with Gasteiger partial charge >= 0.3 is 0 Å². The molecule has 1 aliphatic rings. The van der Waals surface area contributed by atoms with Gasteiger partial charge in [-0.3, -0.25) is 4.99 Å². The molecule has 0 aromatic heterocycles. The third-order valence-electron chi connectivity index (χ3n) is 1.45. The summed E-state index contributed by atoms with van der Waals surface area (Å²) in [5.41, 5.74) is 5.74. The van der Waals surface area contributed by atoms with E-state index in [9.17, 15) is 0 Å². The van der Waals surface area contributed by atoms with Crippen molar-refractivity contribution >= 4 is 6.21 Å². The van der Waals surface area contributed by atoms with Gasteiger partial charge in [0, 0.05) is 6.21 Å². The van der Waals surface area contributed by atoms with E-state index in [1.807, 2.05) is 6.21 Å². The highest BCUT2D eigenvalue weighted by molar-refractivity contribution is 5.75. The maximum absolute atomic E-state index is 5.76. The average molecular weight is 112 g/mol. The van der Waals surface area contributed by atoms with Gasteiger partial charge in [-0.15, -0.1) is 0 Å². The van der Waals surface area contributed by atoms with Gasteiger partial charge in [0.1, 0.15) is 0 Å². The van der Waals surface area contributed by atoms with Crippen LogP contribution in [-0.2, 0) is 0 Å². The SMILES string of the molecule is CCCC1(N)C=NC1. The fourth-order valence-electron chi connectivity index (χ4n) is 0.935. The monoisotopic (exact) mass is 112 g/mol. The quantitative estimate of drug-likeness (QED) is 0.557. The minimum absolute atomic E-state index is 0.0191. The Balaban J connectivity index is 2.32. The minimum Gasteiger partial charge on any atom is -0.319 e. The lowest BCUT2D eigenvalue weighted by Crippen LogP contribution is -2.50. The molecule has 1 rings (SSSR count). The van der Waals surface area contributed by atoms with Crippen LogP contribution in [0.3, 0.4) is 0 Å². The molecule has 2 nitrogen and oxygen atoms in total. The molecule has 0 spiro atoms. The summed E-state index contributed by atoms with van der Waals surface area (Å²) < 4.78 is 0. The molecular formula is C6H12N2. The summed E-state index contributed by atoms with van der Waals surface area (Å²) in [6, 6.07) is 0. The summed E-state index contributed by atoms with van der Waals surface area (Å²) in [5.74, 6) is 0. The molecule has 46 valence electrons. The molecule has 0 amide bonds. The summed E-state index contributed by atoms with van der Waals surface area (Å²) in [6.07, 6.45) is 4.09. The zero-order valence-electron chi connectivity index (χ0n) is 5.22. The molecule has 2 heteroatoms. The number of hydrogen-bond donors (Lipinski definition) is 1. The Morgan fingerprint density at radius 1 is 1.88 bits per heavy atom. The molecule has 1 aliphatic heterocycles. The van der Waals surface area contributed by atoms with E-state index >= 15 is 0 Å². The van der Waals surface area contributed by atoms with Crippen LogP contribution in [0, 0.1) is 0 Å². The van der Waals surface area contributed by atoms with Gasteiger partial charge in [-0.1, -0.05) is 13.3 Å². The molecule has 8 heavy (non-hydrogen) atoms. The van der Waals surface area contributed by atoms with E-state index in [0.29, 0.717) is 0 Å². The van der Waals surface area contributed by atoms with Crippen molar-refractivity contribution in [1.82, 2.24) is 0 Å². The largest absolute Gasteiger partial charge is 0.319 e. The van der Waals surface area contributed by atoms with Gasteiger partial charge in [-0.05, 0) is 6.42 Å². The molecule has 0 bridgehead atoms. The van der Waals surface area contributed by atoms with Crippen LogP contribution in [0.2, 0.25) is 0 Å². The summed E-state index contributed by atoms with van der Waals surface area (Å²) in [7, 11) is 0. The Morgan fingerprint density at radius 2 is 2.50 bits per heavy atom. The normalized spacial score (nSPS) is 34.8. The lowest BCUT2D eigenvalue weighted by Gasteiger charge is -2.28. The highest BCUT2D eigenvalue weighted by atomic mass is 14.9. The Kier molecular flexibility index (Phi) is 1.34. The van der Waals surface area contributed by atoms with Crippen LogP contribution >= 0.6 is 0 Å². The van der Waals surface area contributed by atoms with Crippen molar-refractivity contribution in [3.63, 3.8) is 0 Å². The molecule has 0 radical (unpaired) electrons. The summed E-state index contributed by atoms with van der Waals surface area (Å²) in [4.78, 5) is 3.94. The lowest BCUT2D eigenvalue weighted by molar-refractivity contribution is 0.497. The van der Waals surface area contributed by atoms with Crippen molar-refractivity contribution in [3.8, 4) is 0 Å². The van der Waals surface area contributed by atoms with Gasteiger partial charge in [0.05, 0.1) is 12.1 Å². The van der Waals surface area contributed by atoms with E-state index in [4.69, 9.17) is 5.73 Å². The second-order valence-electron chi connectivity index (χ2n) is 2.45. The van der Waals surface area contributed by atoms with Crippen LogP contribution in [-0.4, -0.2) is 18.3 Å². The summed E-state index contributed by atoms with van der Waals surface area (Å²) in [5, 5.41) is 0. The topological polar surface area (TPSA) is 38.4 Å². The maximum atomic E-state index is 5.76. The number of hydrogen-bond acceptors (Lipinski definition) is 2. The molecule has 0 aromatic rings. The molecule has 1 heterocycles. The average Bonchev–Trinajstić information content (AvgIpc) is 1.64. The van der Waals surface area contributed by atoms with Gasteiger partial charge in [0.2, 0.25) is 0 Å². The summed E-state index contributed by atoms with van der Waals surface area (Å²) >= 11 is 0. The fraction of sp³-hybridized carbons (Fsp3) is 0.833. The molecule has 0 fully saturated rings. The van der Waals surface area contributed by atoms with Crippen LogP contribution in [0.25, 0.3) is 0 Å². The van der Waals surface area contributed by atoms with Gasteiger partial charge < -0.3 is 5.73 Å². The fourth-order valence-corrected chi connectivity index (χ4v) is 0.935. The van der Waals surface area contributed by atoms with Crippen LogP contribution in [0.4, 0.5) is 0 Å². The highest BCUT2D eigenvalue weighted by Gasteiger charge is 2.26. The van der Waals surface area contributed by atoms with Crippen molar-refractivity contribution < 1.29 is 0 Å². The van der Waals surface area contributed by atoms with E-state index in [0.717, 1.165) is 19.4 Å². The lowest BCUT2D eigenvalue weighted by atomic mass is 9.93. The van der Waals surface area contributed by atoms with Crippen molar-refractivity contribution in [2.45, 2.75) is 25.3 Å². The van der Waals surface area contributed by atoms with Crippen molar-refractivity contribution in [2.75, 3.05) is 6.54 Å². The smallest absolute Gasteiger partial charge is 0.0706 e. The van der Waals surface area contributed by atoms with Gasteiger partial charge in [0.25, 0.3) is 0 Å². The van der Waals surface area contributed by atoms with E-state index in [1.165, 1.54) is 0 Å². The number of aliphatic imine (C=N–C) groups is 1. The molecule has 1 unspecified atom stereocenters. The van der Waals surface area contributed by atoms with Crippen molar-refractivity contribution in [1.29, 1.82) is 0 Å². The second-order valence-corrected chi connectivity index (χ2v) is 2.45. The van der Waals surface area contributed by atoms with E-state index in [2.05, 4.69) is 11.9 Å². The Labute approximate surface area is 49.8 Å². The highest BCUT2D eigenvalue weighted by Crippen LogP contribution is 2.13.